The lowest BCUT2D eigenvalue weighted by Crippen LogP contribution is -2.65. The second-order valence-corrected chi connectivity index (χ2v) is 11.2. The largest absolute Gasteiger partial charge is 0.496 e. The normalized spacial score (nSPS) is 29.4. The van der Waals surface area contributed by atoms with Crippen LogP contribution in [-0.2, 0) is 15.7 Å². The Morgan fingerprint density at radius 3 is 2.49 bits per heavy atom. The highest BCUT2D eigenvalue weighted by Crippen LogP contribution is 2.56. The maximum atomic E-state index is 13.2. The molecule has 1 saturated carbocycles. The number of piperidine rings is 2. The number of hydrogen-bond acceptors (Lipinski definition) is 5. The molecule has 3 unspecified atom stereocenters. The first-order valence-electron chi connectivity index (χ1n) is 11.9. The van der Waals surface area contributed by atoms with Crippen LogP contribution in [0.5, 0.6) is 5.75 Å². The van der Waals surface area contributed by atoms with Crippen LogP contribution in [0.4, 0.5) is 18.0 Å². The summed E-state index contributed by atoms with van der Waals surface area (Å²) in [4.78, 5) is 14.3. The molecular formula is C26H34F3NO5. The minimum Gasteiger partial charge on any atom is -0.496 e. The van der Waals surface area contributed by atoms with Gasteiger partial charge in [-0.3, -0.25) is 0 Å². The van der Waals surface area contributed by atoms with E-state index in [4.69, 9.17) is 14.2 Å². The number of benzene rings is 1. The van der Waals surface area contributed by atoms with Gasteiger partial charge in [0.25, 0.3) is 0 Å². The van der Waals surface area contributed by atoms with E-state index in [1.807, 2.05) is 34.6 Å². The van der Waals surface area contributed by atoms with Gasteiger partial charge in [-0.25, -0.2) is 4.79 Å². The van der Waals surface area contributed by atoms with Gasteiger partial charge in [-0.05, 0) is 70.2 Å². The topological polar surface area (TPSA) is 68.2 Å². The van der Waals surface area contributed by atoms with E-state index in [1.54, 1.807) is 4.90 Å². The smallest absolute Gasteiger partial charge is 0.416 e. The van der Waals surface area contributed by atoms with Crippen molar-refractivity contribution in [1.82, 2.24) is 4.90 Å². The van der Waals surface area contributed by atoms with E-state index in [2.05, 4.69) is 0 Å². The molecule has 3 atom stereocenters. The number of amides is 1. The third-order valence-electron chi connectivity index (χ3n) is 7.53. The Morgan fingerprint density at radius 1 is 1.26 bits per heavy atom. The number of nitrogens with zero attached hydrogens (tertiary/aromatic N) is 1. The van der Waals surface area contributed by atoms with Crippen molar-refractivity contribution in [3.8, 4) is 5.75 Å². The Kier molecular flexibility index (Phi) is 6.31. The van der Waals surface area contributed by atoms with Crippen molar-refractivity contribution in [2.75, 3.05) is 20.2 Å². The third-order valence-corrected chi connectivity index (χ3v) is 7.53. The fraction of sp³-hybridized carbons (Fsp3) is 0.654. The number of alkyl halides is 3. The van der Waals surface area contributed by atoms with E-state index in [0.717, 1.165) is 30.5 Å². The molecule has 1 aliphatic carbocycles. The highest BCUT2D eigenvalue weighted by molar-refractivity contribution is 5.71. The van der Waals surface area contributed by atoms with Crippen molar-refractivity contribution in [2.24, 2.45) is 17.3 Å². The average molecular weight is 498 g/mol. The van der Waals surface area contributed by atoms with Crippen LogP contribution in [0.15, 0.2) is 23.8 Å². The van der Waals surface area contributed by atoms with Crippen molar-refractivity contribution >= 4 is 11.9 Å². The predicted octanol–water partition coefficient (Wildman–Crippen LogP) is 5.49. The monoisotopic (exact) mass is 497 g/mol. The zero-order chi connectivity index (χ0) is 25.9. The Balaban J connectivity index is 1.54. The molecule has 3 aliphatic heterocycles. The predicted molar refractivity (Wildman–Crippen MR) is 124 cm³/mol. The van der Waals surface area contributed by atoms with Crippen LogP contribution in [0.2, 0.25) is 0 Å². The van der Waals surface area contributed by atoms with Crippen molar-refractivity contribution in [3.63, 3.8) is 0 Å². The molecule has 9 heteroatoms. The summed E-state index contributed by atoms with van der Waals surface area (Å²) in [5.41, 5.74) is -0.660. The van der Waals surface area contributed by atoms with Crippen molar-refractivity contribution in [1.29, 1.82) is 0 Å². The summed E-state index contributed by atoms with van der Waals surface area (Å²) in [7, 11) is 1.32. The molecule has 194 valence electrons. The number of aliphatic hydroxyl groups is 1. The molecule has 1 aromatic carbocycles. The lowest BCUT2D eigenvalue weighted by atomic mass is 9.54. The summed E-state index contributed by atoms with van der Waals surface area (Å²) in [5, 5.41) is 11.5. The minimum atomic E-state index is -4.49. The zero-order valence-corrected chi connectivity index (χ0v) is 21.0. The number of rotatable bonds is 4. The first kappa shape index (κ1) is 25.7. The lowest BCUT2D eigenvalue weighted by molar-refractivity contribution is -0.166. The number of carbonyl (C=O) groups is 1. The molecule has 3 fully saturated rings. The van der Waals surface area contributed by atoms with Gasteiger partial charge in [-0.2, -0.15) is 13.2 Å². The zero-order valence-electron chi connectivity index (χ0n) is 21.0. The molecule has 6 nitrogen and oxygen atoms in total. The van der Waals surface area contributed by atoms with Gasteiger partial charge in [-0.1, -0.05) is 6.92 Å². The summed E-state index contributed by atoms with van der Waals surface area (Å²) < 4.78 is 56.6. The van der Waals surface area contributed by atoms with E-state index in [1.165, 1.54) is 13.2 Å². The number of ether oxygens (including phenoxy) is 3. The maximum absolute atomic E-state index is 13.2. The highest BCUT2D eigenvalue weighted by atomic mass is 19.4. The molecule has 1 aromatic rings. The minimum absolute atomic E-state index is 0.0622. The van der Waals surface area contributed by atoms with Crippen LogP contribution in [-0.4, -0.2) is 54.1 Å². The second-order valence-electron chi connectivity index (χ2n) is 11.2. The number of halogens is 3. The fourth-order valence-corrected chi connectivity index (χ4v) is 5.71. The SMILES string of the molecule is COc1cc(C(F)(F)F)ccc1C1=C(C)C(C)C(C(O)C23CC(CN(C(=O)OC(C)(C)C)C2)C3)O1. The molecule has 1 amide bonds. The second kappa shape index (κ2) is 8.61. The number of hydrogen-bond donors (Lipinski definition) is 1. The summed E-state index contributed by atoms with van der Waals surface area (Å²) in [6, 6.07) is 3.32. The third kappa shape index (κ3) is 4.71. The van der Waals surface area contributed by atoms with Crippen LogP contribution < -0.4 is 4.74 Å². The van der Waals surface area contributed by atoms with Crippen LogP contribution in [0.25, 0.3) is 5.76 Å². The van der Waals surface area contributed by atoms with Gasteiger partial charge in [0.05, 0.1) is 24.3 Å². The summed E-state index contributed by atoms with van der Waals surface area (Å²) >= 11 is 0. The van der Waals surface area contributed by atoms with Gasteiger partial charge in [0, 0.05) is 24.4 Å². The summed E-state index contributed by atoms with van der Waals surface area (Å²) in [5.74, 6) is 0.620. The molecule has 0 spiro atoms. The van der Waals surface area contributed by atoms with E-state index in [9.17, 15) is 23.1 Å². The van der Waals surface area contributed by atoms with E-state index < -0.39 is 35.0 Å². The molecule has 3 heterocycles. The quantitative estimate of drug-likeness (QED) is 0.596. The van der Waals surface area contributed by atoms with E-state index >= 15 is 0 Å². The van der Waals surface area contributed by atoms with E-state index in [-0.39, 0.29) is 17.8 Å². The molecule has 4 aliphatic rings. The van der Waals surface area contributed by atoms with E-state index in [0.29, 0.717) is 30.3 Å². The van der Waals surface area contributed by atoms with Gasteiger partial charge < -0.3 is 24.2 Å². The first-order chi connectivity index (χ1) is 16.1. The van der Waals surface area contributed by atoms with Crippen LogP contribution in [0, 0.1) is 17.3 Å². The number of fused-ring (bicyclic) bond motifs is 2. The summed E-state index contributed by atoms with van der Waals surface area (Å²) in [6.07, 6.45) is -4.74. The fourth-order valence-electron chi connectivity index (χ4n) is 5.71. The molecule has 2 saturated heterocycles. The Labute approximate surface area is 204 Å². The van der Waals surface area contributed by atoms with Crippen molar-refractivity contribution in [3.05, 3.63) is 34.9 Å². The molecule has 0 aromatic heterocycles. The number of methoxy groups -OCH3 is 1. The molecular weight excluding hydrogens is 463 g/mol. The average Bonchev–Trinajstić information content (AvgIpc) is 3.04. The molecule has 5 rings (SSSR count). The maximum Gasteiger partial charge on any atom is 0.416 e. The Morgan fingerprint density at radius 2 is 1.91 bits per heavy atom. The molecule has 0 radical (unpaired) electrons. The Bertz CT molecular complexity index is 1020. The summed E-state index contributed by atoms with van der Waals surface area (Å²) in [6.45, 7) is 10.2. The number of aliphatic hydroxyl groups excluding tert-OH is 1. The molecule has 2 bridgehead atoms. The molecule has 1 N–H and O–H groups in total. The lowest BCUT2D eigenvalue weighted by Gasteiger charge is -2.59. The van der Waals surface area contributed by atoms with Crippen LogP contribution in [0.3, 0.4) is 0 Å². The van der Waals surface area contributed by atoms with Gasteiger partial charge in [0.2, 0.25) is 0 Å². The van der Waals surface area contributed by atoms with Gasteiger partial charge in [-0.15, -0.1) is 0 Å². The van der Waals surface area contributed by atoms with Gasteiger partial charge in [0.1, 0.15) is 23.2 Å². The van der Waals surface area contributed by atoms with Gasteiger partial charge >= 0.3 is 12.3 Å². The van der Waals surface area contributed by atoms with Crippen molar-refractivity contribution in [2.45, 2.75) is 71.4 Å². The van der Waals surface area contributed by atoms with Gasteiger partial charge in [0.15, 0.2) is 0 Å². The first-order valence-corrected chi connectivity index (χ1v) is 11.9. The van der Waals surface area contributed by atoms with Crippen LogP contribution in [0.1, 0.15) is 58.6 Å². The van der Waals surface area contributed by atoms with Crippen LogP contribution >= 0.6 is 0 Å². The standard InChI is InChI=1S/C26H34F3NO5/c1-14-15(2)21(34-20(14)18-8-7-17(26(27,28)29)9-19(18)33-6)22(31)25-10-16(11-25)12-30(13-25)23(32)35-24(3,4)5/h7-9,15-16,21-22,31H,10-13H2,1-6H3. The Hall–Kier alpha value is -2.42. The number of carbonyl (C=O) groups excluding carboxylic acids is 1. The molecule has 35 heavy (non-hydrogen) atoms. The highest BCUT2D eigenvalue weighted by Gasteiger charge is 2.59. The van der Waals surface area contributed by atoms with Crippen molar-refractivity contribution < 1.29 is 37.3 Å².